The number of rotatable bonds is 6. The smallest absolute Gasteiger partial charge is 0.240 e. The van der Waals surface area contributed by atoms with Gasteiger partial charge in [0.2, 0.25) is 15.9 Å². The summed E-state index contributed by atoms with van der Waals surface area (Å²) in [6, 6.07) is 10.8. The second-order valence-electron chi connectivity index (χ2n) is 6.38. The minimum atomic E-state index is -3.64. The molecule has 0 radical (unpaired) electrons. The van der Waals surface area contributed by atoms with Crippen molar-refractivity contribution in [3.63, 3.8) is 0 Å². The van der Waals surface area contributed by atoms with Crippen LogP contribution < -0.4 is 10.0 Å². The monoisotopic (exact) mass is 403 g/mol. The number of hydrogen-bond donors (Lipinski definition) is 2. The number of aryl methyl sites for hydroxylation is 3. The molecule has 0 aliphatic rings. The summed E-state index contributed by atoms with van der Waals surface area (Å²) in [5.74, 6) is -0.283. The molecule has 1 aromatic heterocycles. The largest absolute Gasteiger partial charge is 0.302 e. The van der Waals surface area contributed by atoms with Crippen molar-refractivity contribution in [2.24, 2.45) is 0 Å². The molecule has 0 spiro atoms. The zero-order valence-corrected chi connectivity index (χ0v) is 17.0. The van der Waals surface area contributed by atoms with Crippen molar-refractivity contribution >= 4 is 42.6 Å². The van der Waals surface area contributed by atoms with E-state index in [1.807, 2.05) is 39.0 Å². The van der Waals surface area contributed by atoms with Crippen molar-refractivity contribution in [3.8, 4) is 0 Å². The molecule has 0 bridgehead atoms. The van der Waals surface area contributed by atoms with E-state index in [9.17, 15) is 13.2 Å². The van der Waals surface area contributed by atoms with Gasteiger partial charge in [0.05, 0.1) is 15.1 Å². The number of sulfonamides is 1. The standard InChI is InChI=1S/C19H21N3O3S2/c1-12-7-8-15(11-14(12)3)27(24,25)20-10-9-17(23)21-19-22-18-13(2)5-4-6-16(18)26-19/h4-8,11,20H,9-10H2,1-3H3,(H,21,22,23). The first-order valence-corrected chi connectivity index (χ1v) is 10.8. The normalized spacial score (nSPS) is 11.7. The summed E-state index contributed by atoms with van der Waals surface area (Å²) in [5.41, 5.74) is 3.85. The number of carbonyl (C=O) groups is 1. The van der Waals surface area contributed by atoms with Crippen LogP contribution in [-0.4, -0.2) is 25.9 Å². The Kier molecular flexibility index (Phi) is 5.59. The third kappa shape index (κ3) is 4.52. The number of fused-ring (bicyclic) bond motifs is 1. The molecule has 3 rings (SSSR count). The van der Waals surface area contributed by atoms with Gasteiger partial charge in [0.1, 0.15) is 0 Å². The molecule has 0 saturated carbocycles. The molecule has 2 N–H and O–H groups in total. The third-order valence-electron chi connectivity index (χ3n) is 4.30. The number of nitrogens with zero attached hydrogens (tertiary/aromatic N) is 1. The van der Waals surface area contributed by atoms with Crippen LogP contribution in [0.3, 0.4) is 0 Å². The number of anilines is 1. The van der Waals surface area contributed by atoms with Gasteiger partial charge in [-0.25, -0.2) is 18.1 Å². The maximum absolute atomic E-state index is 12.3. The third-order valence-corrected chi connectivity index (χ3v) is 6.69. The van der Waals surface area contributed by atoms with Crippen molar-refractivity contribution in [3.05, 3.63) is 53.1 Å². The Morgan fingerprint density at radius 2 is 1.85 bits per heavy atom. The van der Waals surface area contributed by atoms with Crippen LogP contribution in [0.4, 0.5) is 5.13 Å². The van der Waals surface area contributed by atoms with Gasteiger partial charge in [-0.2, -0.15) is 0 Å². The predicted octanol–water partition coefficient (Wildman–Crippen LogP) is 3.53. The summed E-state index contributed by atoms with van der Waals surface area (Å²) in [6.45, 7) is 5.77. The Hall–Kier alpha value is -2.29. The molecule has 27 heavy (non-hydrogen) atoms. The molecule has 3 aromatic rings. The second kappa shape index (κ2) is 7.75. The highest BCUT2D eigenvalue weighted by molar-refractivity contribution is 7.89. The van der Waals surface area contributed by atoms with E-state index in [2.05, 4.69) is 15.0 Å². The molecule has 0 aliphatic heterocycles. The zero-order valence-electron chi connectivity index (χ0n) is 15.4. The van der Waals surface area contributed by atoms with E-state index in [0.717, 1.165) is 26.9 Å². The van der Waals surface area contributed by atoms with E-state index in [0.29, 0.717) is 5.13 Å². The van der Waals surface area contributed by atoms with Gasteiger partial charge in [-0.05, 0) is 55.7 Å². The first-order chi connectivity index (χ1) is 12.8. The number of thiazole rings is 1. The molecular formula is C19H21N3O3S2. The van der Waals surface area contributed by atoms with Gasteiger partial charge in [-0.3, -0.25) is 4.79 Å². The summed E-state index contributed by atoms with van der Waals surface area (Å²) in [4.78, 5) is 16.7. The van der Waals surface area contributed by atoms with Crippen LogP contribution in [0.1, 0.15) is 23.1 Å². The Morgan fingerprint density at radius 1 is 1.07 bits per heavy atom. The van der Waals surface area contributed by atoms with E-state index < -0.39 is 10.0 Å². The fourth-order valence-corrected chi connectivity index (χ4v) is 4.66. The first-order valence-electron chi connectivity index (χ1n) is 8.49. The van der Waals surface area contributed by atoms with Crippen LogP contribution in [0.5, 0.6) is 0 Å². The van der Waals surface area contributed by atoms with E-state index in [1.165, 1.54) is 11.3 Å². The highest BCUT2D eigenvalue weighted by Crippen LogP contribution is 2.27. The average molecular weight is 404 g/mol. The molecule has 1 heterocycles. The molecule has 0 fully saturated rings. The van der Waals surface area contributed by atoms with Crippen LogP contribution in [0.15, 0.2) is 41.3 Å². The molecule has 0 aliphatic carbocycles. The van der Waals surface area contributed by atoms with Crippen molar-refractivity contribution in [1.82, 2.24) is 9.71 Å². The topological polar surface area (TPSA) is 88.2 Å². The maximum Gasteiger partial charge on any atom is 0.240 e. The van der Waals surface area contributed by atoms with Crippen LogP contribution in [-0.2, 0) is 14.8 Å². The van der Waals surface area contributed by atoms with E-state index in [4.69, 9.17) is 0 Å². The lowest BCUT2D eigenvalue weighted by molar-refractivity contribution is -0.116. The number of hydrogen-bond acceptors (Lipinski definition) is 5. The van der Waals surface area contributed by atoms with Crippen molar-refractivity contribution < 1.29 is 13.2 Å². The molecule has 1 amide bonds. The van der Waals surface area contributed by atoms with Crippen molar-refractivity contribution in [2.45, 2.75) is 32.1 Å². The summed E-state index contributed by atoms with van der Waals surface area (Å²) in [7, 11) is -3.64. The summed E-state index contributed by atoms with van der Waals surface area (Å²) in [5, 5.41) is 3.25. The number of carbonyl (C=O) groups excluding carboxylic acids is 1. The van der Waals surface area contributed by atoms with Crippen molar-refractivity contribution in [2.75, 3.05) is 11.9 Å². The predicted molar refractivity (Wildman–Crippen MR) is 109 cm³/mol. The van der Waals surface area contributed by atoms with Crippen molar-refractivity contribution in [1.29, 1.82) is 0 Å². The highest BCUT2D eigenvalue weighted by atomic mass is 32.2. The Balaban J connectivity index is 1.58. The molecule has 0 unspecified atom stereocenters. The SMILES string of the molecule is Cc1ccc(S(=O)(=O)NCCC(=O)Nc2nc3c(C)cccc3s2)cc1C. The number of para-hydroxylation sites is 1. The lowest BCUT2D eigenvalue weighted by Gasteiger charge is -2.08. The molecule has 0 saturated heterocycles. The van der Waals surface area contributed by atoms with Crippen LogP contribution >= 0.6 is 11.3 Å². The van der Waals surface area contributed by atoms with Gasteiger partial charge in [-0.15, -0.1) is 0 Å². The zero-order chi connectivity index (χ0) is 19.6. The minimum absolute atomic E-state index is 0.0189. The molecule has 142 valence electrons. The fourth-order valence-electron chi connectivity index (χ4n) is 2.58. The van der Waals surface area contributed by atoms with Crippen LogP contribution in [0, 0.1) is 20.8 Å². The van der Waals surface area contributed by atoms with Gasteiger partial charge < -0.3 is 5.32 Å². The molecule has 6 nitrogen and oxygen atoms in total. The number of aromatic nitrogens is 1. The van der Waals surface area contributed by atoms with E-state index >= 15 is 0 Å². The number of amides is 1. The Morgan fingerprint density at radius 3 is 2.56 bits per heavy atom. The van der Waals surface area contributed by atoms with Gasteiger partial charge >= 0.3 is 0 Å². The van der Waals surface area contributed by atoms with Gasteiger partial charge in [0.25, 0.3) is 0 Å². The molecule has 8 heteroatoms. The summed E-state index contributed by atoms with van der Waals surface area (Å²) in [6.07, 6.45) is 0.0268. The number of benzene rings is 2. The fraction of sp³-hybridized carbons (Fsp3) is 0.263. The highest BCUT2D eigenvalue weighted by Gasteiger charge is 2.15. The minimum Gasteiger partial charge on any atom is -0.302 e. The molecule has 0 atom stereocenters. The van der Waals surface area contributed by atoms with Crippen LogP contribution in [0.2, 0.25) is 0 Å². The summed E-state index contributed by atoms with van der Waals surface area (Å²) >= 11 is 1.40. The lowest BCUT2D eigenvalue weighted by Crippen LogP contribution is -2.28. The molecular weight excluding hydrogens is 382 g/mol. The van der Waals surface area contributed by atoms with Crippen LogP contribution in [0.25, 0.3) is 10.2 Å². The maximum atomic E-state index is 12.3. The quantitative estimate of drug-likeness (QED) is 0.659. The Bertz CT molecular complexity index is 1100. The average Bonchev–Trinajstić information content (AvgIpc) is 3.01. The van der Waals surface area contributed by atoms with Gasteiger partial charge in [0, 0.05) is 13.0 Å². The van der Waals surface area contributed by atoms with Gasteiger partial charge in [0.15, 0.2) is 5.13 Å². The van der Waals surface area contributed by atoms with E-state index in [-0.39, 0.29) is 23.8 Å². The number of nitrogens with one attached hydrogen (secondary N) is 2. The van der Waals surface area contributed by atoms with E-state index in [1.54, 1.807) is 18.2 Å². The first kappa shape index (κ1) is 19.5. The molecule has 2 aromatic carbocycles. The summed E-state index contributed by atoms with van der Waals surface area (Å²) < 4.78 is 28.1. The van der Waals surface area contributed by atoms with Gasteiger partial charge in [-0.1, -0.05) is 29.5 Å². The lowest BCUT2D eigenvalue weighted by atomic mass is 10.1. The second-order valence-corrected chi connectivity index (χ2v) is 9.18. The Labute approximate surface area is 162 Å².